The third-order valence-electron chi connectivity index (χ3n) is 2.40. The van der Waals surface area contributed by atoms with E-state index in [1.54, 1.807) is 24.3 Å². The highest BCUT2D eigenvalue weighted by Crippen LogP contribution is 2.11. The molecule has 4 heteroatoms. The van der Waals surface area contributed by atoms with Crippen molar-refractivity contribution >= 4 is 17.5 Å². The van der Waals surface area contributed by atoms with Crippen molar-refractivity contribution in [3.8, 4) is 0 Å². The number of anilines is 1. The number of carbonyl (C=O) groups is 2. The van der Waals surface area contributed by atoms with Gasteiger partial charge in [0, 0.05) is 17.7 Å². The fourth-order valence-corrected chi connectivity index (χ4v) is 1.36. The van der Waals surface area contributed by atoms with Crippen molar-refractivity contribution in [2.24, 2.45) is 11.7 Å². The van der Waals surface area contributed by atoms with Crippen LogP contribution in [0.2, 0.25) is 0 Å². The SMILES string of the molecule is CC(C)CCC(=O)Nc1ccc(C(N)=O)cc1. The average molecular weight is 234 g/mol. The van der Waals surface area contributed by atoms with Gasteiger partial charge in [0.2, 0.25) is 11.8 Å². The molecule has 0 aromatic heterocycles. The summed E-state index contributed by atoms with van der Waals surface area (Å²) >= 11 is 0. The van der Waals surface area contributed by atoms with Crippen LogP contribution in [0.1, 0.15) is 37.0 Å². The third-order valence-corrected chi connectivity index (χ3v) is 2.40. The molecule has 92 valence electrons. The number of hydrogen-bond acceptors (Lipinski definition) is 2. The van der Waals surface area contributed by atoms with Gasteiger partial charge in [-0.15, -0.1) is 0 Å². The van der Waals surface area contributed by atoms with Gasteiger partial charge in [0.15, 0.2) is 0 Å². The summed E-state index contributed by atoms with van der Waals surface area (Å²) in [5.41, 5.74) is 6.24. The van der Waals surface area contributed by atoms with Crippen molar-refractivity contribution in [1.29, 1.82) is 0 Å². The van der Waals surface area contributed by atoms with Crippen LogP contribution in [0.15, 0.2) is 24.3 Å². The Morgan fingerprint density at radius 3 is 2.29 bits per heavy atom. The first kappa shape index (κ1) is 13.2. The molecular formula is C13H18N2O2. The van der Waals surface area contributed by atoms with Crippen molar-refractivity contribution in [2.45, 2.75) is 26.7 Å². The number of nitrogens with two attached hydrogens (primary N) is 1. The summed E-state index contributed by atoms with van der Waals surface area (Å²) in [5, 5.41) is 2.77. The molecule has 0 radical (unpaired) electrons. The number of amides is 2. The van der Waals surface area contributed by atoms with Crippen molar-refractivity contribution in [1.82, 2.24) is 0 Å². The lowest BCUT2D eigenvalue weighted by molar-refractivity contribution is -0.116. The van der Waals surface area contributed by atoms with Gasteiger partial charge in [-0.3, -0.25) is 9.59 Å². The van der Waals surface area contributed by atoms with Crippen LogP contribution < -0.4 is 11.1 Å². The van der Waals surface area contributed by atoms with E-state index in [1.807, 2.05) is 0 Å². The molecule has 3 N–H and O–H groups in total. The number of nitrogens with one attached hydrogen (secondary N) is 1. The van der Waals surface area contributed by atoms with E-state index in [1.165, 1.54) is 0 Å². The second-order valence-corrected chi connectivity index (χ2v) is 4.42. The highest BCUT2D eigenvalue weighted by Gasteiger charge is 2.05. The first-order valence-corrected chi connectivity index (χ1v) is 5.68. The molecule has 2 amide bonds. The van der Waals surface area contributed by atoms with Crippen LogP contribution in [-0.2, 0) is 4.79 Å². The molecule has 0 aliphatic carbocycles. The quantitative estimate of drug-likeness (QED) is 0.819. The largest absolute Gasteiger partial charge is 0.366 e. The van der Waals surface area contributed by atoms with Crippen LogP contribution in [-0.4, -0.2) is 11.8 Å². The lowest BCUT2D eigenvalue weighted by atomic mass is 10.1. The number of carbonyl (C=O) groups excluding carboxylic acids is 2. The molecular weight excluding hydrogens is 216 g/mol. The summed E-state index contributed by atoms with van der Waals surface area (Å²) in [6.07, 6.45) is 1.38. The van der Waals surface area contributed by atoms with Gasteiger partial charge >= 0.3 is 0 Å². The van der Waals surface area contributed by atoms with Gasteiger partial charge in [-0.05, 0) is 36.6 Å². The highest BCUT2D eigenvalue weighted by molar-refractivity contribution is 5.94. The number of primary amides is 1. The highest BCUT2D eigenvalue weighted by atomic mass is 16.1. The van der Waals surface area contributed by atoms with Crippen molar-refractivity contribution in [2.75, 3.05) is 5.32 Å². The Hall–Kier alpha value is -1.84. The van der Waals surface area contributed by atoms with Gasteiger partial charge in [-0.1, -0.05) is 13.8 Å². The minimum atomic E-state index is -0.470. The molecule has 0 saturated heterocycles. The smallest absolute Gasteiger partial charge is 0.248 e. The maximum Gasteiger partial charge on any atom is 0.248 e. The molecule has 0 atom stereocenters. The lowest BCUT2D eigenvalue weighted by Gasteiger charge is -2.07. The Morgan fingerprint density at radius 2 is 1.82 bits per heavy atom. The molecule has 0 bridgehead atoms. The fraction of sp³-hybridized carbons (Fsp3) is 0.385. The summed E-state index contributed by atoms with van der Waals surface area (Å²) in [6.45, 7) is 4.16. The Bertz CT molecular complexity index is 396. The van der Waals surface area contributed by atoms with E-state index in [-0.39, 0.29) is 5.91 Å². The van der Waals surface area contributed by atoms with E-state index in [0.29, 0.717) is 23.6 Å². The van der Waals surface area contributed by atoms with Crippen molar-refractivity contribution < 1.29 is 9.59 Å². The maximum absolute atomic E-state index is 11.5. The van der Waals surface area contributed by atoms with Crippen LogP contribution in [0.5, 0.6) is 0 Å². The summed E-state index contributed by atoms with van der Waals surface area (Å²) in [5.74, 6) is 0.0335. The number of benzene rings is 1. The van der Waals surface area contributed by atoms with Crippen molar-refractivity contribution in [3.05, 3.63) is 29.8 Å². The molecule has 0 saturated carbocycles. The zero-order chi connectivity index (χ0) is 12.8. The second kappa shape index (κ2) is 6.03. The van der Waals surface area contributed by atoms with Crippen LogP contribution in [0.4, 0.5) is 5.69 Å². The predicted octanol–water partition coefficient (Wildman–Crippen LogP) is 2.16. The lowest BCUT2D eigenvalue weighted by Crippen LogP contribution is -2.13. The predicted molar refractivity (Wildman–Crippen MR) is 67.7 cm³/mol. The Morgan fingerprint density at radius 1 is 1.24 bits per heavy atom. The van der Waals surface area contributed by atoms with Crippen LogP contribution >= 0.6 is 0 Å². The fourth-order valence-electron chi connectivity index (χ4n) is 1.36. The van der Waals surface area contributed by atoms with E-state index < -0.39 is 5.91 Å². The molecule has 1 aromatic carbocycles. The first-order chi connectivity index (χ1) is 7.99. The van der Waals surface area contributed by atoms with Crippen LogP contribution in [0.25, 0.3) is 0 Å². The van der Waals surface area contributed by atoms with Gasteiger partial charge in [0.1, 0.15) is 0 Å². The topological polar surface area (TPSA) is 72.2 Å². The van der Waals surface area contributed by atoms with Gasteiger partial charge in [0.05, 0.1) is 0 Å². The summed E-state index contributed by atoms with van der Waals surface area (Å²) in [7, 11) is 0. The third kappa shape index (κ3) is 4.68. The van der Waals surface area contributed by atoms with E-state index in [4.69, 9.17) is 5.73 Å². The number of rotatable bonds is 5. The maximum atomic E-state index is 11.5. The molecule has 0 heterocycles. The number of hydrogen-bond donors (Lipinski definition) is 2. The molecule has 4 nitrogen and oxygen atoms in total. The summed E-state index contributed by atoms with van der Waals surface area (Å²) in [4.78, 5) is 22.4. The van der Waals surface area contributed by atoms with Crippen LogP contribution in [0.3, 0.4) is 0 Å². The van der Waals surface area contributed by atoms with E-state index in [2.05, 4.69) is 19.2 Å². The normalized spacial score (nSPS) is 10.3. The first-order valence-electron chi connectivity index (χ1n) is 5.68. The van der Waals surface area contributed by atoms with Crippen LogP contribution in [0, 0.1) is 5.92 Å². The van der Waals surface area contributed by atoms with E-state index in [9.17, 15) is 9.59 Å². The zero-order valence-electron chi connectivity index (χ0n) is 10.2. The Balaban J connectivity index is 2.51. The summed E-state index contributed by atoms with van der Waals surface area (Å²) in [6, 6.07) is 6.54. The van der Waals surface area contributed by atoms with Gasteiger partial charge in [-0.2, -0.15) is 0 Å². The summed E-state index contributed by atoms with van der Waals surface area (Å²) < 4.78 is 0. The molecule has 1 aromatic rings. The molecule has 1 rings (SSSR count). The van der Waals surface area contributed by atoms with E-state index >= 15 is 0 Å². The van der Waals surface area contributed by atoms with Gasteiger partial charge in [0.25, 0.3) is 0 Å². The molecule has 0 unspecified atom stereocenters. The molecule has 0 aliphatic rings. The monoisotopic (exact) mass is 234 g/mol. The van der Waals surface area contributed by atoms with E-state index in [0.717, 1.165) is 6.42 Å². The van der Waals surface area contributed by atoms with Gasteiger partial charge in [-0.25, -0.2) is 0 Å². The van der Waals surface area contributed by atoms with Crippen molar-refractivity contribution in [3.63, 3.8) is 0 Å². The second-order valence-electron chi connectivity index (χ2n) is 4.42. The standard InChI is InChI=1S/C13H18N2O2/c1-9(2)3-8-12(16)15-11-6-4-10(5-7-11)13(14)17/h4-7,9H,3,8H2,1-2H3,(H2,14,17)(H,15,16). The molecule has 17 heavy (non-hydrogen) atoms. The average Bonchev–Trinajstić information content (AvgIpc) is 2.27. The molecule has 0 aliphatic heterocycles. The molecule has 0 spiro atoms. The minimum absolute atomic E-state index is 0.00877. The Kier molecular flexibility index (Phi) is 4.69. The Labute approximate surface area is 101 Å². The molecule has 0 fully saturated rings. The zero-order valence-corrected chi connectivity index (χ0v) is 10.2. The minimum Gasteiger partial charge on any atom is -0.366 e. The van der Waals surface area contributed by atoms with Gasteiger partial charge < -0.3 is 11.1 Å².